The predicted molar refractivity (Wildman–Crippen MR) is 86.8 cm³/mol. The molecule has 2 rings (SSSR count). The summed E-state index contributed by atoms with van der Waals surface area (Å²) in [5.41, 5.74) is 1.12. The summed E-state index contributed by atoms with van der Waals surface area (Å²) in [7, 11) is -3.44. The third kappa shape index (κ3) is 3.69. The zero-order chi connectivity index (χ0) is 14.8. The van der Waals surface area contributed by atoms with Gasteiger partial charge in [0.2, 0.25) is 10.0 Å². The first-order valence-corrected chi connectivity index (χ1v) is 9.30. The van der Waals surface area contributed by atoms with E-state index in [0.29, 0.717) is 11.4 Å². The number of hydrogen-bond acceptors (Lipinski definition) is 3. The molecule has 0 saturated carbocycles. The van der Waals surface area contributed by atoms with Crippen molar-refractivity contribution in [2.24, 2.45) is 0 Å². The monoisotopic (exact) mass is 373 g/mol. The van der Waals surface area contributed by atoms with E-state index >= 15 is 0 Å². The highest BCUT2D eigenvalue weighted by atomic mass is 79.9. The number of sulfonamides is 1. The average Bonchev–Trinajstić information content (AvgIpc) is 2.77. The Morgan fingerprint density at radius 3 is 2.50 bits per heavy atom. The normalized spacial score (nSPS) is 13.3. The van der Waals surface area contributed by atoms with Gasteiger partial charge in [-0.15, -0.1) is 11.3 Å². The Kier molecular flexibility index (Phi) is 5.01. The quantitative estimate of drug-likeness (QED) is 0.863. The minimum atomic E-state index is -3.44. The molecule has 1 aromatic carbocycles. The lowest BCUT2D eigenvalue weighted by Gasteiger charge is -2.13. The van der Waals surface area contributed by atoms with Crippen LogP contribution >= 0.6 is 27.3 Å². The first kappa shape index (κ1) is 15.7. The maximum atomic E-state index is 12.3. The van der Waals surface area contributed by atoms with E-state index < -0.39 is 10.0 Å². The van der Waals surface area contributed by atoms with Crippen molar-refractivity contribution in [3.05, 3.63) is 50.6 Å². The van der Waals surface area contributed by atoms with Crippen molar-refractivity contribution < 1.29 is 8.42 Å². The van der Waals surface area contributed by atoms with Crippen LogP contribution in [0.25, 0.3) is 0 Å². The Bertz CT molecular complexity index is 680. The Labute approximate surface area is 132 Å². The van der Waals surface area contributed by atoms with Gasteiger partial charge in [-0.3, -0.25) is 0 Å². The number of halogens is 1. The van der Waals surface area contributed by atoms with Crippen LogP contribution in [0.3, 0.4) is 0 Å². The Hall–Kier alpha value is -0.690. The van der Waals surface area contributed by atoms with E-state index in [-0.39, 0.29) is 5.92 Å². The van der Waals surface area contributed by atoms with Gasteiger partial charge in [0.15, 0.2) is 0 Å². The van der Waals surface area contributed by atoms with E-state index in [4.69, 9.17) is 0 Å². The molecule has 1 aromatic heterocycles. The Balaban J connectivity index is 2.08. The van der Waals surface area contributed by atoms with Crippen LogP contribution < -0.4 is 4.72 Å². The van der Waals surface area contributed by atoms with Gasteiger partial charge >= 0.3 is 0 Å². The van der Waals surface area contributed by atoms with Crippen LogP contribution in [0.1, 0.15) is 23.3 Å². The third-order valence-electron chi connectivity index (χ3n) is 3.08. The molecule has 6 heteroatoms. The van der Waals surface area contributed by atoms with Crippen molar-refractivity contribution in [3.8, 4) is 0 Å². The van der Waals surface area contributed by atoms with Crippen LogP contribution in [0.15, 0.2) is 45.1 Å². The van der Waals surface area contributed by atoms with E-state index in [2.05, 4.69) is 20.7 Å². The topological polar surface area (TPSA) is 46.2 Å². The first-order chi connectivity index (χ1) is 9.40. The third-order valence-corrected chi connectivity index (χ3v) is 6.31. The lowest BCUT2D eigenvalue weighted by atomic mass is 10.0. The van der Waals surface area contributed by atoms with Gasteiger partial charge in [-0.1, -0.05) is 37.3 Å². The summed E-state index contributed by atoms with van der Waals surface area (Å²) in [5.74, 6) is 0.133. The Morgan fingerprint density at radius 1 is 1.30 bits per heavy atom. The van der Waals surface area contributed by atoms with E-state index in [1.807, 2.05) is 44.2 Å². The van der Waals surface area contributed by atoms with Crippen molar-refractivity contribution in [1.29, 1.82) is 0 Å². The van der Waals surface area contributed by atoms with Crippen LogP contribution in [0.2, 0.25) is 0 Å². The molecular formula is C14H16BrNO2S2. The molecule has 1 atom stereocenters. The van der Waals surface area contributed by atoms with Crippen LogP contribution in [0.5, 0.6) is 0 Å². The molecule has 0 aliphatic rings. The van der Waals surface area contributed by atoms with E-state index in [1.165, 1.54) is 11.3 Å². The average molecular weight is 374 g/mol. The molecule has 0 saturated heterocycles. The van der Waals surface area contributed by atoms with Gasteiger partial charge in [0.1, 0.15) is 0 Å². The summed E-state index contributed by atoms with van der Waals surface area (Å²) in [4.78, 5) is 1.14. The number of thiophene rings is 1. The molecular weight excluding hydrogens is 358 g/mol. The molecule has 0 aliphatic carbocycles. The number of hydrogen-bond donors (Lipinski definition) is 1. The second-order valence-electron chi connectivity index (χ2n) is 4.63. The molecule has 0 aliphatic heterocycles. The van der Waals surface area contributed by atoms with Crippen LogP contribution in [-0.4, -0.2) is 15.0 Å². The largest absolute Gasteiger partial charge is 0.241 e. The molecule has 0 bridgehead atoms. The minimum Gasteiger partial charge on any atom is -0.211 e. The van der Waals surface area contributed by atoms with Crippen molar-refractivity contribution in [3.63, 3.8) is 0 Å². The molecule has 1 unspecified atom stereocenters. The number of benzene rings is 1. The second kappa shape index (κ2) is 6.39. The molecule has 1 heterocycles. The Morgan fingerprint density at radius 2 is 1.95 bits per heavy atom. The zero-order valence-electron chi connectivity index (χ0n) is 11.3. The number of rotatable bonds is 5. The van der Waals surface area contributed by atoms with Crippen LogP contribution in [-0.2, 0) is 10.0 Å². The van der Waals surface area contributed by atoms with Gasteiger partial charge in [0.05, 0.1) is 8.68 Å². The number of aryl methyl sites for hydroxylation is 1. The summed E-state index contributed by atoms with van der Waals surface area (Å²) in [6.07, 6.45) is 0. The summed E-state index contributed by atoms with van der Waals surface area (Å²) in [6.45, 7) is 4.21. The predicted octanol–water partition coefficient (Wildman–Crippen LogP) is 3.90. The summed E-state index contributed by atoms with van der Waals surface area (Å²) in [5, 5.41) is 0. The fourth-order valence-corrected chi connectivity index (χ4v) is 5.45. The van der Waals surface area contributed by atoms with Gasteiger partial charge in [-0.2, -0.15) is 0 Å². The van der Waals surface area contributed by atoms with Crippen molar-refractivity contribution in [1.82, 2.24) is 4.72 Å². The van der Waals surface area contributed by atoms with Gasteiger partial charge in [0, 0.05) is 11.4 Å². The van der Waals surface area contributed by atoms with Crippen molar-refractivity contribution in [2.75, 3.05) is 6.54 Å². The molecule has 0 spiro atoms. The van der Waals surface area contributed by atoms with E-state index in [1.54, 1.807) is 6.07 Å². The van der Waals surface area contributed by atoms with Gasteiger partial charge < -0.3 is 0 Å². The maximum Gasteiger partial charge on any atom is 0.241 e. The number of nitrogens with one attached hydrogen (secondary N) is 1. The SMILES string of the molecule is Cc1sc(Br)cc1S(=O)(=O)NCC(C)c1ccccc1. The highest BCUT2D eigenvalue weighted by molar-refractivity contribution is 9.11. The lowest BCUT2D eigenvalue weighted by molar-refractivity contribution is 0.575. The molecule has 0 radical (unpaired) electrons. The molecule has 0 amide bonds. The standard InChI is InChI=1S/C14H16BrNO2S2/c1-10(12-6-4-3-5-7-12)9-16-20(17,18)13-8-14(15)19-11(13)2/h3-8,10,16H,9H2,1-2H3. The molecule has 2 aromatic rings. The summed E-state index contributed by atoms with van der Waals surface area (Å²) >= 11 is 4.74. The fourth-order valence-electron chi connectivity index (χ4n) is 1.91. The summed E-state index contributed by atoms with van der Waals surface area (Å²) in [6, 6.07) is 11.5. The van der Waals surface area contributed by atoms with Crippen molar-refractivity contribution >= 4 is 37.3 Å². The highest BCUT2D eigenvalue weighted by Gasteiger charge is 2.20. The first-order valence-electron chi connectivity index (χ1n) is 6.20. The smallest absolute Gasteiger partial charge is 0.211 e. The van der Waals surface area contributed by atoms with E-state index in [0.717, 1.165) is 14.2 Å². The highest BCUT2D eigenvalue weighted by Crippen LogP contribution is 2.29. The molecule has 0 fully saturated rings. The second-order valence-corrected chi connectivity index (χ2v) is 9.01. The van der Waals surface area contributed by atoms with Gasteiger partial charge in [-0.05, 0) is 40.4 Å². The lowest BCUT2D eigenvalue weighted by Crippen LogP contribution is -2.27. The molecule has 3 nitrogen and oxygen atoms in total. The van der Waals surface area contributed by atoms with Crippen molar-refractivity contribution in [2.45, 2.75) is 24.7 Å². The van der Waals surface area contributed by atoms with Gasteiger partial charge in [-0.25, -0.2) is 13.1 Å². The van der Waals surface area contributed by atoms with E-state index in [9.17, 15) is 8.42 Å². The van der Waals surface area contributed by atoms with Gasteiger partial charge in [0.25, 0.3) is 0 Å². The zero-order valence-corrected chi connectivity index (χ0v) is 14.5. The summed E-state index contributed by atoms with van der Waals surface area (Å²) < 4.78 is 28.1. The maximum absolute atomic E-state index is 12.3. The van der Waals surface area contributed by atoms with Crippen LogP contribution in [0, 0.1) is 6.92 Å². The minimum absolute atomic E-state index is 0.133. The molecule has 1 N–H and O–H groups in total. The fraction of sp³-hybridized carbons (Fsp3) is 0.286. The van der Waals surface area contributed by atoms with Crippen LogP contribution in [0.4, 0.5) is 0 Å². The molecule has 108 valence electrons. The molecule has 20 heavy (non-hydrogen) atoms.